The third-order valence-electron chi connectivity index (χ3n) is 1.37. The molecular weight excluding hydrogens is 211 g/mol. The van der Waals surface area contributed by atoms with Gasteiger partial charge in [0.2, 0.25) is 0 Å². The van der Waals surface area contributed by atoms with E-state index in [1.54, 1.807) is 0 Å². The van der Waals surface area contributed by atoms with Crippen molar-refractivity contribution in [2.24, 2.45) is 5.92 Å². The third-order valence-corrected chi connectivity index (χ3v) is 1.79. The monoisotopic (exact) mass is 220 g/mol. The second-order valence-corrected chi connectivity index (χ2v) is 2.71. The minimum Gasteiger partial charge on any atom is -0.0879 e. The Kier molecular flexibility index (Phi) is 2.59. The summed E-state index contributed by atoms with van der Waals surface area (Å²) in [5.41, 5.74) is 0. The van der Waals surface area contributed by atoms with Gasteiger partial charge in [-0.05, 0) is 22.8 Å². The number of hydrogen-bond donors (Lipinski definition) is 0. The largest absolute Gasteiger partial charge is 0.0879 e. The van der Waals surface area contributed by atoms with E-state index < -0.39 is 0 Å². The first-order valence-corrected chi connectivity index (χ1v) is 4.11. The number of halogens is 1. The molecule has 1 rings (SSSR count). The van der Waals surface area contributed by atoms with Gasteiger partial charge < -0.3 is 0 Å². The van der Waals surface area contributed by atoms with Crippen LogP contribution in [0.15, 0.2) is 22.3 Å². The fourth-order valence-electron chi connectivity index (χ4n) is 0.910. The summed E-state index contributed by atoms with van der Waals surface area (Å²) in [5, 5.41) is 0. The molecule has 1 unspecified atom stereocenters. The quantitative estimate of drug-likeness (QED) is 0.470. The van der Waals surface area contributed by atoms with E-state index in [-0.39, 0.29) is 0 Å². The highest BCUT2D eigenvalue weighted by Gasteiger charge is 2.02. The third kappa shape index (κ3) is 1.62. The van der Waals surface area contributed by atoms with Crippen molar-refractivity contribution in [3.63, 3.8) is 0 Å². The van der Waals surface area contributed by atoms with Crippen molar-refractivity contribution in [3.05, 3.63) is 22.3 Å². The summed E-state index contributed by atoms with van der Waals surface area (Å²) in [6.07, 6.45) is 9.35. The average molecular weight is 220 g/mol. The highest BCUT2D eigenvalue weighted by Crippen LogP contribution is 2.18. The van der Waals surface area contributed by atoms with Gasteiger partial charge in [0.15, 0.2) is 0 Å². The molecule has 1 heteroatoms. The van der Waals surface area contributed by atoms with Crippen LogP contribution in [0.4, 0.5) is 0 Å². The molecule has 1 aliphatic rings. The zero-order valence-corrected chi connectivity index (χ0v) is 6.84. The van der Waals surface area contributed by atoms with Gasteiger partial charge in [-0.3, -0.25) is 0 Å². The van der Waals surface area contributed by atoms with E-state index in [9.17, 15) is 0 Å². The van der Waals surface area contributed by atoms with Crippen molar-refractivity contribution in [3.8, 4) is 0 Å². The molecule has 0 bridgehead atoms. The molecule has 0 fully saturated rings. The summed E-state index contributed by atoms with van der Waals surface area (Å²) in [6.45, 7) is 0. The van der Waals surface area contributed by atoms with Crippen molar-refractivity contribution in [1.82, 2.24) is 0 Å². The van der Waals surface area contributed by atoms with Crippen molar-refractivity contribution in [2.45, 2.75) is 12.8 Å². The topological polar surface area (TPSA) is 0 Å². The Hall–Kier alpha value is 0.210. The van der Waals surface area contributed by atoms with Crippen LogP contribution in [-0.4, -0.2) is 0 Å². The number of rotatable bonds is 1. The molecule has 8 heavy (non-hydrogen) atoms. The van der Waals surface area contributed by atoms with E-state index >= 15 is 0 Å². The SMILES string of the molecule is I/C=C/C1C=CCC1. The molecule has 1 atom stereocenters. The molecular formula is C7H9I. The molecule has 0 aliphatic heterocycles. The molecule has 0 radical (unpaired) electrons. The van der Waals surface area contributed by atoms with Crippen LogP contribution in [0, 0.1) is 5.92 Å². The lowest BCUT2D eigenvalue weighted by molar-refractivity contribution is 0.774. The summed E-state index contributed by atoms with van der Waals surface area (Å²) in [7, 11) is 0. The van der Waals surface area contributed by atoms with Gasteiger partial charge in [-0.1, -0.05) is 40.8 Å². The minimum absolute atomic E-state index is 0.742. The van der Waals surface area contributed by atoms with Crippen LogP contribution < -0.4 is 0 Å². The van der Waals surface area contributed by atoms with Gasteiger partial charge in [-0.25, -0.2) is 0 Å². The Labute approximate surface area is 63.8 Å². The molecule has 44 valence electrons. The predicted octanol–water partition coefficient (Wildman–Crippen LogP) is 2.90. The van der Waals surface area contributed by atoms with E-state index in [4.69, 9.17) is 0 Å². The van der Waals surface area contributed by atoms with Gasteiger partial charge in [-0.2, -0.15) is 0 Å². The lowest BCUT2D eigenvalue weighted by Crippen LogP contribution is -1.81. The van der Waals surface area contributed by atoms with Crippen LogP contribution in [0.2, 0.25) is 0 Å². The van der Waals surface area contributed by atoms with Crippen molar-refractivity contribution in [1.29, 1.82) is 0 Å². The first-order valence-electron chi connectivity index (χ1n) is 2.87. The van der Waals surface area contributed by atoms with Gasteiger partial charge in [0.05, 0.1) is 0 Å². The zero-order valence-electron chi connectivity index (χ0n) is 4.68. The molecule has 0 spiro atoms. The van der Waals surface area contributed by atoms with E-state index in [1.165, 1.54) is 12.8 Å². The lowest BCUT2D eigenvalue weighted by atomic mass is 10.1. The maximum Gasteiger partial charge on any atom is -0.00430 e. The van der Waals surface area contributed by atoms with E-state index in [1.807, 2.05) is 0 Å². The predicted molar refractivity (Wildman–Crippen MR) is 45.0 cm³/mol. The maximum absolute atomic E-state index is 2.27. The zero-order chi connectivity index (χ0) is 5.82. The fraction of sp³-hybridized carbons (Fsp3) is 0.429. The molecule has 0 heterocycles. The fourth-order valence-corrected chi connectivity index (χ4v) is 1.44. The first kappa shape index (κ1) is 6.33. The molecule has 0 aromatic carbocycles. The Bertz CT molecular complexity index is 114. The van der Waals surface area contributed by atoms with Crippen molar-refractivity contribution < 1.29 is 0 Å². The van der Waals surface area contributed by atoms with Crippen molar-refractivity contribution in [2.75, 3.05) is 0 Å². The van der Waals surface area contributed by atoms with Crippen LogP contribution in [0.25, 0.3) is 0 Å². The lowest BCUT2D eigenvalue weighted by Gasteiger charge is -1.94. The normalized spacial score (nSPS) is 27.9. The van der Waals surface area contributed by atoms with Crippen molar-refractivity contribution >= 4 is 22.6 Å². The highest BCUT2D eigenvalue weighted by atomic mass is 127. The van der Waals surface area contributed by atoms with Gasteiger partial charge in [0.1, 0.15) is 0 Å². The standard InChI is InChI=1S/C7H9I/c8-6-5-7-3-1-2-4-7/h1,3,5-7H,2,4H2/b6-5+. The second-order valence-electron chi connectivity index (χ2n) is 1.99. The molecule has 0 N–H and O–H groups in total. The number of hydrogen-bond acceptors (Lipinski definition) is 0. The molecule has 0 saturated heterocycles. The van der Waals surface area contributed by atoms with Crippen LogP contribution in [-0.2, 0) is 0 Å². The van der Waals surface area contributed by atoms with Gasteiger partial charge in [0, 0.05) is 0 Å². The maximum atomic E-state index is 2.27. The van der Waals surface area contributed by atoms with Crippen LogP contribution >= 0.6 is 22.6 Å². The van der Waals surface area contributed by atoms with E-state index in [0.717, 1.165) is 5.92 Å². The Morgan fingerprint density at radius 2 is 2.50 bits per heavy atom. The van der Waals surface area contributed by atoms with E-state index in [0.29, 0.717) is 0 Å². The average Bonchev–Trinajstić information content (AvgIpc) is 2.19. The van der Waals surface area contributed by atoms with Crippen LogP contribution in [0.1, 0.15) is 12.8 Å². The summed E-state index contributed by atoms with van der Waals surface area (Å²) in [4.78, 5) is 0. The number of allylic oxidation sites excluding steroid dienone is 3. The highest BCUT2D eigenvalue weighted by molar-refractivity contribution is 14.1. The van der Waals surface area contributed by atoms with Gasteiger partial charge in [-0.15, -0.1) is 0 Å². The summed E-state index contributed by atoms with van der Waals surface area (Å²) in [6, 6.07) is 0. The minimum atomic E-state index is 0.742. The molecule has 1 aliphatic carbocycles. The van der Waals surface area contributed by atoms with Crippen LogP contribution in [0.5, 0.6) is 0 Å². The molecule has 0 aromatic heterocycles. The smallest absolute Gasteiger partial charge is 0.00430 e. The van der Waals surface area contributed by atoms with Gasteiger partial charge in [0.25, 0.3) is 0 Å². The molecule has 0 aromatic rings. The molecule has 0 amide bonds. The first-order chi connectivity index (χ1) is 3.93. The summed E-state index contributed by atoms with van der Waals surface area (Å²) < 4.78 is 2.10. The Morgan fingerprint density at radius 3 is 3.00 bits per heavy atom. The van der Waals surface area contributed by atoms with E-state index in [2.05, 4.69) is 44.9 Å². The van der Waals surface area contributed by atoms with Crippen LogP contribution in [0.3, 0.4) is 0 Å². The summed E-state index contributed by atoms with van der Waals surface area (Å²) >= 11 is 2.26. The Balaban J connectivity index is 2.36. The van der Waals surface area contributed by atoms with Gasteiger partial charge >= 0.3 is 0 Å². The Morgan fingerprint density at radius 1 is 1.62 bits per heavy atom. The molecule has 0 nitrogen and oxygen atoms in total. The second kappa shape index (κ2) is 3.28. The molecule has 0 saturated carbocycles. The summed E-state index contributed by atoms with van der Waals surface area (Å²) in [5.74, 6) is 0.742.